The molecular weight excluding hydrogens is 208 g/mol. The highest BCUT2D eigenvalue weighted by atomic mass is 35.5. The average molecular weight is 223 g/mol. The van der Waals surface area contributed by atoms with E-state index in [1.165, 1.54) is 19.3 Å². The van der Waals surface area contributed by atoms with Crippen molar-refractivity contribution in [3.63, 3.8) is 0 Å². The topological polar surface area (TPSA) is 63.6 Å². The van der Waals surface area contributed by atoms with Gasteiger partial charge in [-0.05, 0) is 6.42 Å². The SMILES string of the molecule is CCCCCCl.O=C1CC(O)C(=O)O1. The third-order valence-corrected chi connectivity index (χ3v) is 1.85. The molecule has 0 aliphatic carbocycles. The first kappa shape index (κ1) is 13.4. The fourth-order valence-electron chi connectivity index (χ4n) is 0.808. The number of halogens is 1. The van der Waals surface area contributed by atoms with Crippen LogP contribution in [0.3, 0.4) is 0 Å². The number of carbonyl (C=O) groups excluding carboxylic acids is 2. The largest absolute Gasteiger partial charge is 0.391 e. The van der Waals surface area contributed by atoms with E-state index >= 15 is 0 Å². The zero-order valence-electron chi connectivity index (χ0n) is 8.16. The molecule has 1 atom stereocenters. The van der Waals surface area contributed by atoms with E-state index in [4.69, 9.17) is 16.7 Å². The van der Waals surface area contributed by atoms with E-state index in [9.17, 15) is 9.59 Å². The highest BCUT2D eigenvalue weighted by molar-refractivity contribution is 6.17. The summed E-state index contributed by atoms with van der Waals surface area (Å²) in [6.07, 6.45) is 2.31. The van der Waals surface area contributed by atoms with Gasteiger partial charge >= 0.3 is 11.9 Å². The van der Waals surface area contributed by atoms with Gasteiger partial charge in [0, 0.05) is 5.88 Å². The van der Waals surface area contributed by atoms with Crippen LogP contribution < -0.4 is 0 Å². The van der Waals surface area contributed by atoms with Gasteiger partial charge in [0.2, 0.25) is 0 Å². The molecule has 1 heterocycles. The zero-order chi connectivity index (χ0) is 11.0. The van der Waals surface area contributed by atoms with Gasteiger partial charge in [-0.15, -0.1) is 11.6 Å². The summed E-state index contributed by atoms with van der Waals surface area (Å²) in [7, 11) is 0. The Morgan fingerprint density at radius 2 is 2.14 bits per heavy atom. The van der Waals surface area contributed by atoms with Crippen LogP contribution in [0.2, 0.25) is 0 Å². The number of hydrogen-bond donors (Lipinski definition) is 1. The number of aliphatic hydroxyl groups is 1. The predicted octanol–water partition coefficient (Wildman–Crippen LogP) is 1.24. The molecule has 5 heteroatoms. The second-order valence-electron chi connectivity index (χ2n) is 2.91. The predicted molar refractivity (Wildman–Crippen MR) is 52.0 cm³/mol. The van der Waals surface area contributed by atoms with Crippen LogP contribution in [0.25, 0.3) is 0 Å². The summed E-state index contributed by atoms with van der Waals surface area (Å²) >= 11 is 5.38. The fourth-order valence-corrected chi connectivity index (χ4v) is 0.997. The quantitative estimate of drug-likeness (QED) is 0.338. The van der Waals surface area contributed by atoms with Crippen molar-refractivity contribution < 1.29 is 19.4 Å². The molecule has 1 saturated heterocycles. The molecule has 0 saturated carbocycles. The standard InChI is InChI=1S/C5H11Cl.C4H4O4/c1-2-3-4-5-6;5-2-1-3(6)8-4(2)7/h2-5H2,1H3;2,5H,1H2. The van der Waals surface area contributed by atoms with E-state index in [2.05, 4.69) is 11.7 Å². The average Bonchev–Trinajstić information content (AvgIpc) is 2.42. The second-order valence-corrected chi connectivity index (χ2v) is 3.29. The fraction of sp³-hybridized carbons (Fsp3) is 0.778. The molecule has 1 rings (SSSR count). The lowest BCUT2D eigenvalue weighted by molar-refractivity contribution is -0.154. The van der Waals surface area contributed by atoms with Crippen molar-refractivity contribution in [1.82, 2.24) is 0 Å². The Morgan fingerprint density at radius 1 is 1.50 bits per heavy atom. The summed E-state index contributed by atoms with van der Waals surface area (Å²) in [5.74, 6) is -0.661. The summed E-state index contributed by atoms with van der Waals surface area (Å²) in [5, 5.41) is 8.47. The number of hydrogen-bond acceptors (Lipinski definition) is 4. The molecule has 1 unspecified atom stereocenters. The Hall–Kier alpha value is -0.610. The van der Waals surface area contributed by atoms with Crippen LogP contribution in [0.15, 0.2) is 0 Å². The number of cyclic esters (lactones) is 2. The summed E-state index contributed by atoms with van der Waals surface area (Å²) in [6, 6.07) is 0. The third-order valence-electron chi connectivity index (χ3n) is 1.58. The number of aliphatic hydroxyl groups excluding tert-OH is 1. The smallest absolute Gasteiger partial charge is 0.343 e. The molecule has 1 fully saturated rings. The first-order valence-corrected chi connectivity index (χ1v) is 5.13. The van der Waals surface area contributed by atoms with Crippen LogP contribution in [0.5, 0.6) is 0 Å². The maximum absolute atomic E-state index is 10.1. The molecule has 0 radical (unpaired) electrons. The van der Waals surface area contributed by atoms with Crippen molar-refractivity contribution >= 4 is 23.5 Å². The molecule has 0 aromatic heterocycles. The van der Waals surface area contributed by atoms with E-state index in [1.807, 2.05) is 0 Å². The summed E-state index contributed by atoms with van der Waals surface area (Å²) in [4.78, 5) is 20.2. The first-order valence-electron chi connectivity index (χ1n) is 4.60. The van der Waals surface area contributed by atoms with E-state index in [-0.39, 0.29) is 6.42 Å². The molecule has 0 aromatic carbocycles. The Morgan fingerprint density at radius 3 is 2.29 bits per heavy atom. The number of ether oxygens (including phenoxy) is 1. The minimum Gasteiger partial charge on any atom is -0.391 e. The van der Waals surface area contributed by atoms with Crippen LogP contribution in [0.4, 0.5) is 0 Å². The molecule has 0 aromatic rings. The lowest BCUT2D eigenvalue weighted by atomic mass is 10.3. The van der Waals surface area contributed by atoms with Gasteiger partial charge in [-0.2, -0.15) is 0 Å². The maximum Gasteiger partial charge on any atom is 0.343 e. The van der Waals surface area contributed by atoms with Crippen molar-refractivity contribution in [3.8, 4) is 0 Å². The number of alkyl halides is 1. The number of rotatable bonds is 3. The van der Waals surface area contributed by atoms with Crippen LogP contribution in [-0.2, 0) is 14.3 Å². The Balaban J connectivity index is 0.000000255. The maximum atomic E-state index is 10.1. The highest BCUT2D eigenvalue weighted by Crippen LogP contribution is 2.05. The molecule has 82 valence electrons. The van der Waals surface area contributed by atoms with Crippen molar-refractivity contribution in [3.05, 3.63) is 0 Å². The van der Waals surface area contributed by atoms with Gasteiger partial charge in [0.1, 0.15) is 0 Å². The highest BCUT2D eigenvalue weighted by Gasteiger charge is 2.30. The molecule has 1 aliphatic heterocycles. The minimum absolute atomic E-state index is 0.196. The molecule has 0 bridgehead atoms. The van der Waals surface area contributed by atoms with Crippen molar-refractivity contribution in [2.75, 3.05) is 5.88 Å². The molecule has 1 aliphatic rings. The van der Waals surface area contributed by atoms with Gasteiger partial charge in [-0.1, -0.05) is 19.8 Å². The Labute approximate surface area is 88.2 Å². The zero-order valence-corrected chi connectivity index (χ0v) is 8.92. The third kappa shape index (κ3) is 5.94. The molecular formula is C9H15ClO4. The van der Waals surface area contributed by atoms with Crippen molar-refractivity contribution in [2.45, 2.75) is 38.7 Å². The van der Waals surface area contributed by atoms with Gasteiger partial charge in [0.25, 0.3) is 0 Å². The Kier molecular flexibility index (Phi) is 7.42. The molecule has 1 N–H and O–H groups in total. The van der Waals surface area contributed by atoms with Crippen LogP contribution in [0, 0.1) is 0 Å². The second kappa shape index (κ2) is 7.76. The summed E-state index contributed by atoms with van der Waals surface area (Å²) < 4.78 is 3.95. The minimum atomic E-state index is -1.22. The van der Waals surface area contributed by atoms with Gasteiger partial charge in [0.15, 0.2) is 6.10 Å². The summed E-state index contributed by atoms with van der Waals surface area (Å²) in [6.45, 7) is 2.17. The molecule has 0 spiro atoms. The lowest BCUT2D eigenvalue weighted by Gasteiger charge is -1.86. The van der Waals surface area contributed by atoms with Gasteiger partial charge in [0.05, 0.1) is 6.42 Å². The van der Waals surface area contributed by atoms with E-state index in [1.54, 1.807) is 0 Å². The number of esters is 2. The monoisotopic (exact) mass is 222 g/mol. The van der Waals surface area contributed by atoms with E-state index in [0.717, 1.165) is 5.88 Å². The van der Waals surface area contributed by atoms with Crippen LogP contribution in [-0.4, -0.2) is 29.0 Å². The molecule has 14 heavy (non-hydrogen) atoms. The molecule has 4 nitrogen and oxygen atoms in total. The van der Waals surface area contributed by atoms with Crippen molar-refractivity contribution in [2.24, 2.45) is 0 Å². The van der Waals surface area contributed by atoms with E-state index < -0.39 is 18.0 Å². The Bertz CT molecular complexity index is 189. The van der Waals surface area contributed by atoms with Crippen LogP contribution in [0.1, 0.15) is 32.6 Å². The number of unbranched alkanes of at least 4 members (excludes halogenated alkanes) is 2. The van der Waals surface area contributed by atoms with Gasteiger partial charge in [-0.3, -0.25) is 4.79 Å². The van der Waals surface area contributed by atoms with Gasteiger partial charge < -0.3 is 9.84 Å². The summed E-state index contributed by atoms with van der Waals surface area (Å²) in [5.41, 5.74) is 0. The van der Waals surface area contributed by atoms with Crippen molar-refractivity contribution in [1.29, 1.82) is 0 Å². The first-order chi connectivity index (χ1) is 6.61. The number of carbonyl (C=O) groups is 2. The van der Waals surface area contributed by atoms with Crippen LogP contribution >= 0.6 is 11.6 Å². The molecule has 0 amide bonds. The van der Waals surface area contributed by atoms with Gasteiger partial charge in [-0.25, -0.2) is 4.79 Å². The lowest BCUT2D eigenvalue weighted by Crippen LogP contribution is -2.11. The van der Waals surface area contributed by atoms with E-state index in [0.29, 0.717) is 0 Å². The normalized spacial score (nSPS) is 20.1.